The number of alkyl halides is 2. The van der Waals surface area contributed by atoms with Gasteiger partial charge in [-0.2, -0.15) is 0 Å². The zero-order chi connectivity index (χ0) is 17.1. The Morgan fingerprint density at radius 3 is 2.35 bits per heavy atom. The minimum Gasteiger partial charge on any atom is -0.493 e. The van der Waals surface area contributed by atoms with Crippen LogP contribution in [0.1, 0.15) is 17.3 Å². The predicted molar refractivity (Wildman–Crippen MR) is 96.4 cm³/mol. The fourth-order valence-corrected chi connectivity index (χ4v) is 2.27. The van der Waals surface area contributed by atoms with Crippen LogP contribution in [0.25, 0.3) is 10.8 Å². The van der Waals surface area contributed by atoms with Crippen LogP contribution in [0.4, 0.5) is 0 Å². The van der Waals surface area contributed by atoms with E-state index in [9.17, 15) is 9.90 Å². The molecule has 0 amide bonds. The van der Waals surface area contributed by atoms with Crippen molar-refractivity contribution in [2.24, 2.45) is 0 Å². The van der Waals surface area contributed by atoms with Crippen molar-refractivity contribution in [2.45, 2.75) is 6.92 Å². The van der Waals surface area contributed by atoms with Gasteiger partial charge in [-0.1, -0.05) is 30.3 Å². The number of hydrogen-bond donors (Lipinski definition) is 2. The van der Waals surface area contributed by atoms with Gasteiger partial charge in [-0.15, -0.1) is 23.2 Å². The Morgan fingerprint density at radius 2 is 1.78 bits per heavy atom. The maximum absolute atomic E-state index is 11.2. The number of carboxylic acids is 1. The molecule has 6 heteroatoms. The smallest absolute Gasteiger partial charge is 0.340 e. The van der Waals surface area contributed by atoms with Crippen molar-refractivity contribution >= 4 is 39.9 Å². The van der Waals surface area contributed by atoms with Gasteiger partial charge in [-0.05, 0) is 23.8 Å². The SMILES string of the molecule is CCOc1ccc2ccccc2c1C(=O)O.ClCCNCCCl. The lowest BCUT2D eigenvalue weighted by Gasteiger charge is -2.09. The standard InChI is InChI=1S/C13H12O3.C4H9Cl2N/c1-2-16-11-8-7-9-5-3-4-6-10(9)12(11)13(14)15;5-1-3-7-4-2-6/h3-8H,2H2,1H3,(H,14,15);7H,1-4H2. The van der Waals surface area contributed by atoms with Crippen LogP contribution in [0.5, 0.6) is 5.75 Å². The number of carbonyl (C=O) groups is 1. The van der Waals surface area contributed by atoms with Gasteiger partial charge < -0.3 is 15.2 Å². The molecule has 0 saturated carbocycles. The minimum atomic E-state index is -0.958. The number of carboxylic acid groups (broad SMARTS) is 1. The van der Waals surface area contributed by atoms with Gasteiger partial charge in [-0.3, -0.25) is 0 Å². The molecule has 0 fully saturated rings. The predicted octanol–water partition coefficient (Wildman–Crippen LogP) is 3.99. The highest BCUT2D eigenvalue weighted by atomic mass is 35.5. The van der Waals surface area contributed by atoms with Crippen LogP contribution in [0.2, 0.25) is 0 Å². The van der Waals surface area contributed by atoms with Gasteiger partial charge in [0.25, 0.3) is 0 Å². The van der Waals surface area contributed by atoms with E-state index < -0.39 is 5.97 Å². The first-order chi connectivity index (χ1) is 11.2. The van der Waals surface area contributed by atoms with Gasteiger partial charge in [0.05, 0.1) is 6.61 Å². The Kier molecular flexibility index (Phi) is 9.45. The average Bonchev–Trinajstić information content (AvgIpc) is 2.55. The number of fused-ring (bicyclic) bond motifs is 1. The van der Waals surface area contributed by atoms with Gasteiger partial charge in [0.2, 0.25) is 0 Å². The summed E-state index contributed by atoms with van der Waals surface area (Å²) in [6.07, 6.45) is 0. The Hall–Kier alpha value is -1.49. The molecule has 2 aromatic rings. The van der Waals surface area contributed by atoms with Crippen molar-refractivity contribution in [3.63, 3.8) is 0 Å². The molecule has 2 aromatic carbocycles. The van der Waals surface area contributed by atoms with Crippen LogP contribution in [0.3, 0.4) is 0 Å². The minimum absolute atomic E-state index is 0.236. The summed E-state index contributed by atoms with van der Waals surface area (Å²) in [5, 5.41) is 13.8. The molecule has 2 rings (SSSR count). The van der Waals surface area contributed by atoms with E-state index in [1.54, 1.807) is 12.1 Å². The van der Waals surface area contributed by atoms with Gasteiger partial charge in [0, 0.05) is 24.8 Å². The van der Waals surface area contributed by atoms with Crippen molar-refractivity contribution < 1.29 is 14.6 Å². The largest absolute Gasteiger partial charge is 0.493 e. The van der Waals surface area contributed by atoms with Crippen LogP contribution >= 0.6 is 23.2 Å². The van der Waals surface area contributed by atoms with Crippen LogP contribution in [0.15, 0.2) is 36.4 Å². The summed E-state index contributed by atoms with van der Waals surface area (Å²) in [4.78, 5) is 11.2. The number of halogens is 2. The number of hydrogen-bond acceptors (Lipinski definition) is 3. The first-order valence-corrected chi connectivity index (χ1v) is 8.43. The molecule has 23 heavy (non-hydrogen) atoms. The molecule has 0 radical (unpaired) electrons. The van der Waals surface area contributed by atoms with Crippen molar-refractivity contribution in [3.05, 3.63) is 42.0 Å². The van der Waals surface area contributed by atoms with E-state index in [0.29, 0.717) is 29.5 Å². The molecular formula is C17H21Cl2NO3. The maximum atomic E-state index is 11.2. The maximum Gasteiger partial charge on any atom is 0.340 e. The first-order valence-electron chi connectivity index (χ1n) is 7.36. The summed E-state index contributed by atoms with van der Waals surface area (Å²) in [6.45, 7) is 4.00. The van der Waals surface area contributed by atoms with Gasteiger partial charge in [0.15, 0.2) is 0 Å². The normalized spacial score (nSPS) is 10.0. The fraction of sp³-hybridized carbons (Fsp3) is 0.353. The Balaban J connectivity index is 0.000000322. The summed E-state index contributed by atoms with van der Waals surface area (Å²) in [6, 6.07) is 11.0. The van der Waals surface area contributed by atoms with Crippen molar-refractivity contribution in [1.82, 2.24) is 5.32 Å². The van der Waals surface area contributed by atoms with Crippen molar-refractivity contribution in [1.29, 1.82) is 0 Å². The lowest BCUT2D eigenvalue weighted by atomic mass is 10.0. The molecule has 0 aliphatic carbocycles. The van der Waals surface area contributed by atoms with Crippen LogP contribution in [0, 0.1) is 0 Å². The van der Waals surface area contributed by atoms with Crippen LogP contribution in [-0.4, -0.2) is 42.5 Å². The second-order valence-corrected chi connectivity index (χ2v) is 5.28. The number of rotatable bonds is 7. The number of benzene rings is 2. The van der Waals surface area contributed by atoms with E-state index in [4.69, 9.17) is 27.9 Å². The lowest BCUT2D eigenvalue weighted by molar-refractivity contribution is 0.0695. The molecule has 2 N–H and O–H groups in total. The Labute approximate surface area is 146 Å². The third-order valence-corrected chi connectivity index (χ3v) is 3.32. The quantitative estimate of drug-likeness (QED) is 0.580. The summed E-state index contributed by atoms with van der Waals surface area (Å²) >= 11 is 10.7. The molecule has 0 aliphatic heterocycles. The molecule has 0 aromatic heterocycles. The highest BCUT2D eigenvalue weighted by molar-refractivity contribution is 6.18. The van der Waals surface area contributed by atoms with E-state index >= 15 is 0 Å². The molecule has 0 saturated heterocycles. The second-order valence-electron chi connectivity index (χ2n) is 4.53. The fourth-order valence-electron chi connectivity index (χ4n) is 2.01. The molecule has 0 atom stereocenters. The molecular weight excluding hydrogens is 337 g/mol. The highest BCUT2D eigenvalue weighted by Gasteiger charge is 2.14. The van der Waals surface area contributed by atoms with E-state index in [1.807, 2.05) is 31.2 Å². The molecule has 0 aliphatic rings. The number of ether oxygens (including phenoxy) is 1. The van der Waals surface area contributed by atoms with Crippen molar-refractivity contribution in [2.75, 3.05) is 31.5 Å². The molecule has 0 heterocycles. The van der Waals surface area contributed by atoms with E-state index in [2.05, 4.69) is 5.32 Å². The van der Waals surface area contributed by atoms with Gasteiger partial charge >= 0.3 is 5.97 Å². The topological polar surface area (TPSA) is 58.6 Å². The first kappa shape index (κ1) is 19.6. The molecule has 0 unspecified atom stereocenters. The highest BCUT2D eigenvalue weighted by Crippen LogP contribution is 2.27. The lowest BCUT2D eigenvalue weighted by Crippen LogP contribution is -2.18. The van der Waals surface area contributed by atoms with E-state index in [0.717, 1.165) is 18.5 Å². The molecule has 126 valence electrons. The number of aromatic carboxylic acids is 1. The zero-order valence-corrected chi connectivity index (χ0v) is 14.5. The summed E-state index contributed by atoms with van der Waals surface area (Å²) in [5.41, 5.74) is 0.236. The van der Waals surface area contributed by atoms with Crippen LogP contribution < -0.4 is 10.1 Å². The second kappa shape index (κ2) is 11.1. The average molecular weight is 358 g/mol. The number of nitrogens with one attached hydrogen (secondary N) is 1. The Bertz CT molecular complexity index is 616. The molecule has 4 nitrogen and oxygen atoms in total. The van der Waals surface area contributed by atoms with Gasteiger partial charge in [-0.25, -0.2) is 4.79 Å². The van der Waals surface area contributed by atoms with E-state index in [-0.39, 0.29) is 5.56 Å². The molecule has 0 bridgehead atoms. The summed E-state index contributed by atoms with van der Waals surface area (Å²) in [5.74, 6) is 0.794. The third-order valence-electron chi connectivity index (χ3n) is 2.95. The summed E-state index contributed by atoms with van der Waals surface area (Å²) in [7, 11) is 0. The monoisotopic (exact) mass is 357 g/mol. The third kappa shape index (κ3) is 6.26. The van der Waals surface area contributed by atoms with Crippen molar-refractivity contribution in [3.8, 4) is 5.75 Å². The van der Waals surface area contributed by atoms with Gasteiger partial charge in [0.1, 0.15) is 11.3 Å². The zero-order valence-electron chi connectivity index (χ0n) is 13.0. The Morgan fingerprint density at radius 1 is 1.13 bits per heavy atom. The van der Waals surface area contributed by atoms with E-state index in [1.165, 1.54) is 0 Å². The summed E-state index contributed by atoms with van der Waals surface area (Å²) < 4.78 is 5.33. The van der Waals surface area contributed by atoms with Crippen LogP contribution in [-0.2, 0) is 0 Å². The molecule has 0 spiro atoms.